The van der Waals surface area contributed by atoms with Crippen LogP contribution in [0.25, 0.3) is 0 Å². The van der Waals surface area contributed by atoms with E-state index in [1.807, 2.05) is 12.3 Å². The summed E-state index contributed by atoms with van der Waals surface area (Å²) in [5.41, 5.74) is 1.14. The number of hydrogen-bond acceptors (Lipinski definition) is 4. The van der Waals surface area contributed by atoms with E-state index in [4.69, 9.17) is 5.11 Å². The van der Waals surface area contributed by atoms with Crippen molar-refractivity contribution in [3.05, 3.63) is 34.3 Å². The van der Waals surface area contributed by atoms with Gasteiger partial charge in [-0.05, 0) is 24.3 Å². The van der Waals surface area contributed by atoms with Crippen LogP contribution in [0, 0.1) is 0 Å². The third-order valence-corrected chi connectivity index (χ3v) is 5.04. The molecule has 1 atom stereocenters. The molecule has 0 saturated heterocycles. The van der Waals surface area contributed by atoms with Crippen LogP contribution in [0.1, 0.15) is 43.3 Å². The fourth-order valence-corrected chi connectivity index (χ4v) is 3.62. The fraction of sp³-hybridized carbons (Fsp3) is 0.429. The van der Waals surface area contributed by atoms with Gasteiger partial charge in [0.1, 0.15) is 0 Å². The lowest BCUT2D eigenvalue weighted by Crippen LogP contribution is -2.12. The minimum Gasteiger partial charge on any atom is -0.481 e. The summed E-state index contributed by atoms with van der Waals surface area (Å²) in [6, 6.07) is 4.31. The number of carboxylic acids is 1. The summed E-state index contributed by atoms with van der Waals surface area (Å²) in [5, 5.41) is 11.7. The van der Waals surface area contributed by atoms with Crippen LogP contribution in [0.5, 0.6) is 0 Å². The summed E-state index contributed by atoms with van der Waals surface area (Å²) in [7, 11) is 0. The molecule has 0 fully saturated rings. The van der Waals surface area contributed by atoms with Crippen LogP contribution in [0.2, 0.25) is 0 Å². The van der Waals surface area contributed by atoms with E-state index in [2.05, 4.69) is 41.8 Å². The van der Waals surface area contributed by atoms with Crippen molar-refractivity contribution in [2.24, 2.45) is 0 Å². The molecule has 2 heterocycles. The van der Waals surface area contributed by atoms with Gasteiger partial charge in [0.15, 0.2) is 5.16 Å². The van der Waals surface area contributed by atoms with Crippen molar-refractivity contribution in [3.8, 4) is 0 Å². The molecule has 2 rings (SSSR count). The predicted octanol–water partition coefficient (Wildman–Crippen LogP) is 3.85. The van der Waals surface area contributed by atoms with Crippen LogP contribution < -0.4 is 0 Å². The molecule has 0 spiro atoms. The number of thioether (sulfide) groups is 1. The number of nitrogens with zero attached hydrogens (tertiary/aromatic N) is 2. The van der Waals surface area contributed by atoms with Gasteiger partial charge in [-0.15, -0.1) is 11.3 Å². The smallest absolute Gasteiger partial charge is 0.313 e. The molecular weight excluding hydrogens is 292 g/mol. The molecular formula is C14H18N2O2S2. The lowest BCUT2D eigenvalue weighted by molar-refractivity contribution is -0.133. The van der Waals surface area contributed by atoms with Crippen molar-refractivity contribution < 1.29 is 9.90 Å². The zero-order valence-corrected chi connectivity index (χ0v) is 13.4. The van der Waals surface area contributed by atoms with Crippen molar-refractivity contribution in [2.75, 3.05) is 5.75 Å². The summed E-state index contributed by atoms with van der Waals surface area (Å²) in [5.74, 6) is -0.436. The Morgan fingerprint density at radius 2 is 2.25 bits per heavy atom. The maximum atomic E-state index is 10.8. The van der Waals surface area contributed by atoms with Crippen molar-refractivity contribution in [3.63, 3.8) is 0 Å². The molecule has 0 radical (unpaired) electrons. The largest absolute Gasteiger partial charge is 0.481 e. The topological polar surface area (TPSA) is 55.1 Å². The van der Waals surface area contributed by atoms with E-state index in [0.717, 1.165) is 10.9 Å². The van der Waals surface area contributed by atoms with Crippen molar-refractivity contribution >= 4 is 29.1 Å². The van der Waals surface area contributed by atoms with E-state index in [1.165, 1.54) is 16.6 Å². The Kier molecular flexibility index (Phi) is 4.88. The molecule has 0 amide bonds. The van der Waals surface area contributed by atoms with Gasteiger partial charge in [-0.25, -0.2) is 4.98 Å². The van der Waals surface area contributed by atoms with E-state index in [0.29, 0.717) is 5.92 Å². The van der Waals surface area contributed by atoms with Crippen molar-refractivity contribution in [1.29, 1.82) is 0 Å². The van der Waals surface area contributed by atoms with Gasteiger partial charge in [-0.3, -0.25) is 4.79 Å². The summed E-state index contributed by atoms with van der Waals surface area (Å²) in [6.07, 6.45) is 1.86. The molecule has 0 bridgehead atoms. The van der Waals surface area contributed by atoms with Gasteiger partial charge in [-0.1, -0.05) is 31.7 Å². The number of aliphatic carboxylic acids is 1. The highest BCUT2D eigenvalue weighted by atomic mass is 32.2. The Labute approximate surface area is 126 Å². The van der Waals surface area contributed by atoms with Crippen LogP contribution in [0.15, 0.2) is 28.9 Å². The first-order chi connectivity index (χ1) is 9.50. The zero-order chi connectivity index (χ0) is 14.7. The minimum atomic E-state index is -0.820. The highest BCUT2D eigenvalue weighted by molar-refractivity contribution is 7.99. The van der Waals surface area contributed by atoms with Gasteiger partial charge in [0, 0.05) is 16.8 Å². The first-order valence-corrected chi connectivity index (χ1v) is 8.32. The number of imidazole rings is 1. The molecule has 108 valence electrons. The summed E-state index contributed by atoms with van der Waals surface area (Å²) < 4.78 is 2.16. The number of carbonyl (C=O) groups is 1. The van der Waals surface area contributed by atoms with E-state index < -0.39 is 5.97 Å². The number of hydrogen-bond donors (Lipinski definition) is 1. The highest BCUT2D eigenvalue weighted by Crippen LogP contribution is 2.32. The lowest BCUT2D eigenvalue weighted by atomic mass is 10.1. The van der Waals surface area contributed by atoms with Crippen molar-refractivity contribution in [2.45, 2.75) is 37.9 Å². The summed E-state index contributed by atoms with van der Waals surface area (Å²) >= 11 is 2.98. The van der Waals surface area contributed by atoms with Crippen LogP contribution >= 0.6 is 23.1 Å². The second-order valence-corrected chi connectivity index (χ2v) is 6.79. The first kappa shape index (κ1) is 15.1. The van der Waals surface area contributed by atoms with Crippen LogP contribution in [0.3, 0.4) is 0 Å². The number of thiophene rings is 1. The van der Waals surface area contributed by atoms with Crippen molar-refractivity contribution in [1.82, 2.24) is 9.55 Å². The van der Waals surface area contributed by atoms with Gasteiger partial charge in [-0.2, -0.15) is 0 Å². The van der Waals surface area contributed by atoms with Crippen LogP contribution in [0.4, 0.5) is 0 Å². The SMILES string of the molecule is CC(C)c1cnc(SCC(=O)O)n1C(C)c1cccs1. The fourth-order valence-electron chi connectivity index (χ4n) is 2.06. The Bertz CT molecular complexity index is 576. The molecule has 0 aromatic carbocycles. The molecule has 0 aliphatic carbocycles. The minimum absolute atomic E-state index is 0.0334. The second kappa shape index (κ2) is 6.45. The Morgan fingerprint density at radius 3 is 2.80 bits per heavy atom. The lowest BCUT2D eigenvalue weighted by Gasteiger charge is -2.19. The van der Waals surface area contributed by atoms with Gasteiger partial charge in [0.05, 0.1) is 11.8 Å². The maximum absolute atomic E-state index is 10.8. The van der Waals surface area contributed by atoms with Gasteiger partial charge in [0.25, 0.3) is 0 Å². The third-order valence-electron chi connectivity index (χ3n) is 3.05. The number of aromatic nitrogens is 2. The van der Waals surface area contributed by atoms with Crippen LogP contribution in [-0.4, -0.2) is 26.4 Å². The monoisotopic (exact) mass is 310 g/mol. The normalized spacial score (nSPS) is 12.8. The van der Waals surface area contributed by atoms with Crippen LogP contribution in [-0.2, 0) is 4.79 Å². The Morgan fingerprint density at radius 1 is 1.50 bits per heavy atom. The Hall–Kier alpha value is -1.27. The van der Waals surface area contributed by atoms with Gasteiger partial charge in [0.2, 0.25) is 0 Å². The van der Waals surface area contributed by atoms with Gasteiger partial charge < -0.3 is 9.67 Å². The van der Waals surface area contributed by atoms with E-state index in [-0.39, 0.29) is 11.8 Å². The molecule has 2 aromatic heterocycles. The zero-order valence-electron chi connectivity index (χ0n) is 11.7. The molecule has 6 heteroatoms. The standard InChI is InChI=1S/C14H18N2O2S2/c1-9(2)11-7-15-14(20-8-13(17)18)16(11)10(3)12-5-4-6-19-12/h4-7,9-10H,8H2,1-3H3,(H,17,18). The predicted molar refractivity (Wildman–Crippen MR) is 82.8 cm³/mol. The average Bonchev–Trinajstić information content (AvgIpc) is 3.04. The quantitative estimate of drug-likeness (QED) is 0.823. The molecule has 20 heavy (non-hydrogen) atoms. The van der Waals surface area contributed by atoms with E-state index in [9.17, 15) is 4.79 Å². The molecule has 1 unspecified atom stereocenters. The molecule has 0 aliphatic rings. The van der Waals surface area contributed by atoms with Gasteiger partial charge >= 0.3 is 5.97 Å². The summed E-state index contributed by atoms with van der Waals surface area (Å²) in [4.78, 5) is 16.4. The molecule has 2 aromatic rings. The second-order valence-electron chi connectivity index (χ2n) is 4.86. The number of rotatable bonds is 6. The molecule has 0 aliphatic heterocycles. The molecule has 4 nitrogen and oxygen atoms in total. The Balaban J connectivity index is 2.36. The number of carboxylic acid groups (broad SMARTS) is 1. The third kappa shape index (κ3) is 3.24. The first-order valence-electron chi connectivity index (χ1n) is 6.45. The maximum Gasteiger partial charge on any atom is 0.313 e. The molecule has 1 N–H and O–H groups in total. The average molecular weight is 310 g/mol. The van der Waals surface area contributed by atoms with E-state index in [1.54, 1.807) is 11.3 Å². The summed E-state index contributed by atoms with van der Waals surface area (Å²) in [6.45, 7) is 6.38. The van der Waals surface area contributed by atoms with E-state index >= 15 is 0 Å². The molecule has 0 saturated carbocycles. The highest BCUT2D eigenvalue weighted by Gasteiger charge is 2.20.